The summed E-state index contributed by atoms with van der Waals surface area (Å²) >= 11 is 5.78. The Hall–Kier alpha value is -1.22. The van der Waals surface area contributed by atoms with E-state index in [0.717, 1.165) is 11.4 Å². The first kappa shape index (κ1) is 8.38. The number of amides is 1. The van der Waals surface area contributed by atoms with Gasteiger partial charge in [0.25, 0.3) is 0 Å². The quantitative estimate of drug-likeness (QED) is 0.667. The highest BCUT2D eigenvalue weighted by molar-refractivity contribution is 6.31. The van der Waals surface area contributed by atoms with E-state index in [-0.39, 0.29) is 11.9 Å². The van der Waals surface area contributed by atoms with E-state index in [1.807, 2.05) is 13.0 Å². The molecule has 0 saturated heterocycles. The van der Waals surface area contributed by atoms with Crippen molar-refractivity contribution in [1.29, 1.82) is 0 Å². The fourth-order valence-electron chi connectivity index (χ4n) is 1.29. The number of halogens is 1. The SMILES string of the molecule is CC1Nc2ccc(Cl)cc2NC1=O. The van der Waals surface area contributed by atoms with E-state index < -0.39 is 0 Å². The topological polar surface area (TPSA) is 41.1 Å². The molecule has 1 unspecified atom stereocenters. The zero-order valence-electron chi connectivity index (χ0n) is 7.10. The average Bonchev–Trinajstić information content (AvgIpc) is 2.08. The lowest BCUT2D eigenvalue weighted by atomic mass is 10.1. The average molecular weight is 197 g/mol. The number of hydrogen-bond donors (Lipinski definition) is 2. The van der Waals surface area contributed by atoms with Gasteiger partial charge in [-0.3, -0.25) is 4.79 Å². The maximum atomic E-state index is 11.3. The predicted octanol–water partition coefficient (Wildman–Crippen LogP) is 2.09. The Kier molecular flexibility index (Phi) is 1.88. The van der Waals surface area contributed by atoms with Crippen molar-refractivity contribution in [2.75, 3.05) is 10.6 Å². The molecule has 0 aliphatic carbocycles. The van der Waals surface area contributed by atoms with Gasteiger partial charge in [0.1, 0.15) is 6.04 Å². The van der Waals surface area contributed by atoms with Crippen molar-refractivity contribution >= 4 is 28.9 Å². The Balaban J connectivity index is 2.42. The van der Waals surface area contributed by atoms with E-state index in [4.69, 9.17) is 11.6 Å². The van der Waals surface area contributed by atoms with Gasteiger partial charge < -0.3 is 10.6 Å². The molecule has 1 aliphatic heterocycles. The first-order valence-electron chi connectivity index (χ1n) is 4.04. The van der Waals surface area contributed by atoms with Gasteiger partial charge in [-0.2, -0.15) is 0 Å². The zero-order valence-corrected chi connectivity index (χ0v) is 7.85. The van der Waals surface area contributed by atoms with Crippen molar-refractivity contribution in [3.05, 3.63) is 23.2 Å². The van der Waals surface area contributed by atoms with Crippen LogP contribution in [0.15, 0.2) is 18.2 Å². The molecule has 0 radical (unpaired) electrons. The number of nitrogens with one attached hydrogen (secondary N) is 2. The lowest BCUT2D eigenvalue weighted by Crippen LogP contribution is -2.36. The van der Waals surface area contributed by atoms with Crippen LogP contribution in [-0.4, -0.2) is 11.9 Å². The van der Waals surface area contributed by atoms with Crippen LogP contribution in [-0.2, 0) is 4.79 Å². The molecule has 0 bridgehead atoms. The highest BCUT2D eigenvalue weighted by Crippen LogP contribution is 2.29. The monoisotopic (exact) mass is 196 g/mol. The minimum absolute atomic E-state index is 0.0326. The van der Waals surface area contributed by atoms with Crippen LogP contribution in [0.5, 0.6) is 0 Å². The number of anilines is 2. The van der Waals surface area contributed by atoms with Crippen LogP contribution < -0.4 is 10.6 Å². The van der Waals surface area contributed by atoms with Crippen LogP contribution in [0.2, 0.25) is 5.02 Å². The molecule has 1 atom stereocenters. The number of carbonyl (C=O) groups is 1. The molecular weight excluding hydrogens is 188 g/mol. The van der Waals surface area contributed by atoms with Crippen molar-refractivity contribution in [2.24, 2.45) is 0 Å². The van der Waals surface area contributed by atoms with Crippen LogP contribution in [0.4, 0.5) is 11.4 Å². The molecule has 4 heteroatoms. The Labute approximate surface area is 81.1 Å². The molecule has 0 spiro atoms. The summed E-state index contributed by atoms with van der Waals surface area (Å²) < 4.78 is 0. The van der Waals surface area contributed by atoms with Crippen LogP contribution in [0, 0.1) is 0 Å². The first-order chi connectivity index (χ1) is 6.16. The molecule has 1 aromatic rings. The van der Waals surface area contributed by atoms with E-state index in [9.17, 15) is 4.79 Å². The number of hydrogen-bond acceptors (Lipinski definition) is 2. The van der Waals surface area contributed by atoms with Gasteiger partial charge in [0.05, 0.1) is 11.4 Å². The molecule has 13 heavy (non-hydrogen) atoms. The molecule has 1 amide bonds. The van der Waals surface area contributed by atoms with E-state index >= 15 is 0 Å². The maximum Gasteiger partial charge on any atom is 0.246 e. The molecule has 0 fully saturated rings. The van der Waals surface area contributed by atoms with Crippen molar-refractivity contribution < 1.29 is 4.79 Å². The molecule has 1 aromatic carbocycles. The van der Waals surface area contributed by atoms with Gasteiger partial charge in [0, 0.05) is 5.02 Å². The number of rotatable bonds is 0. The third-order valence-electron chi connectivity index (χ3n) is 2.00. The summed E-state index contributed by atoms with van der Waals surface area (Å²) in [4.78, 5) is 11.3. The fraction of sp³-hybridized carbons (Fsp3) is 0.222. The number of carbonyl (C=O) groups excluding carboxylic acids is 1. The summed E-state index contributed by atoms with van der Waals surface area (Å²) in [7, 11) is 0. The summed E-state index contributed by atoms with van der Waals surface area (Å²) in [5, 5.41) is 6.45. The van der Waals surface area contributed by atoms with Gasteiger partial charge >= 0.3 is 0 Å². The van der Waals surface area contributed by atoms with Crippen LogP contribution >= 0.6 is 11.6 Å². The standard InChI is InChI=1S/C9H9ClN2O/c1-5-9(13)12-8-4-6(10)2-3-7(8)11-5/h2-5,11H,1H3,(H,12,13). The largest absolute Gasteiger partial charge is 0.372 e. The van der Waals surface area contributed by atoms with Gasteiger partial charge in [-0.25, -0.2) is 0 Å². The molecule has 3 nitrogen and oxygen atoms in total. The van der Waals surface area contributed by atoms with Crippen LogP contribution in [0.1, 0.15) is 6.92 Å². The lowest BCUT2D eigenvalue weighted by molar-refractivity contribution is -0.116. The summed E-state index contributed by atoms with van der Waals surface area (Å²) in [6.45, 7) is 1.81. The second-order valence-electron chi connectivity index (χ2n) is 3.05. The van der Waals surface area contributed by atoms with Gasteiger partial charge in [0.15, 0.2) is 0 Å². The summed E-state index contributed by atoms with van der Waals surface area (Å²) in [5.74, 6) is -0.0326. The molecule has 1 aliphatic rings. The highest BCUT2D eigenvalue weighted by Gasteiger charge is 2.20. The second-order valence-corrected chi connectivity index (χ2v) is 3.48. The molecular formula is C9H9ClN2O. The van der Waals surface area contributed by atoms with Crippen molar-refractivity contribution in [3.63, 3.8) is 0 Å². The smallest absolute Gasteiger partial charge is 0.246 e. The maximum absolute atomic E-state index is 11.3. The Morgan fingerprint density at radius 1 is 1.38 bits per heavy atom. The van der Waals surface area contributed by atoms with Gasteiger partial charge in [-0.15, -0.1) is 0 Å². The Morgan fingerprint density at radius 3 is 2.92 bits per heavy atom. The zero-order chi connectivity index (χ0) is 9.42. The summed E-state index contributed by atoms with van der Waals surface area (Å²) in [6.07, 6.45) is 0. The van der Waals surface area contributed by atoms with Crippen LogP contribution in [0.3, 0.4) is 0 Å². The molecule has 0 saturated carbocycles. The van der Waals surface area contributed by atoms with Gasteiger partial charge in [-0.05, 0) is 25.1 Å². The molecule has 2 rings (SSSR count). The van der Waals surface area contributed by atoms with Crippen molar-refractivity contribution in [2.45, 2.75) is 13.0 Å². The summed E-state index contributed by atoms with van der Waals surface area (Å²) in [6, 6.07) is 5.19. The highest BCUT2D eigenvalue weighted by atomic mass is 35.5. The van der Waals surface area contributed by atoms with Gasteiger partial charge in [0.2, 0.25) is 5.91 Å². The van der Waals surface area contributed by atoms with E-state index in [0.29, 0.717) is 5.02 Å². The third kappa shape index (κ3) is 1.47. The third-order valence-corrected chi connectivity index (χ3v) is 2.24. The molecule has 0 aromatic heterocycles. The minimum atomic E-state index is -0.186. The van der Waals surface area contributed by atoms with E-state index in [1.54, 1.807) is 12.1 Å². The molecule has 2 N–H and O–H groups in total. The van der Waals surface area contributed by atoms with E-state index in [2.05, 4.69) is 10.6 Å². The normalized spacial score (nSPS) is 20.2. The molecule has 1 heterocycles. The molecule has 68 valence electrons. The second kappa shape index (κ2) is 2.92. The number of benzene rings is 1. The fourth-order valence-corrected chi connectivity index (χ4v) is 1.46. The van der Waals surface area contributed by atoms with Crippen molar-refractivity contribution in [3.8, 4) is 0 Å². The summed E-state index contributed by atoms with van der Waals surface area (Å²) in [5.41, 5.74) is 1.66. The predicted molar refractivity (Wildman–Crippen MR) is 53.2 cm³/mol. The first-order valence-corrected chi connectivity index (χ1v) is 4.41. The number of fused-ring (bicyclic) bond motifs is 1. The van der Waals surface area contributed by atoms with Crippen molar-refractivity contribution in [1.82, 2.24) is 0 Å². The van der Waals surface area contributed by atoms with Gasteiger partial charge in [-0.1, -0.05) is 11.6 Å². The van der Waals surface area contributed by atoms with E-state index in [1.165, 1.54) is 0 Å². The van der Waals surface area contributed by atoms with Crippen LogP contribution in [0.25, 0.3) is 0 Å². The lowest BCUT2D eigenvalue weighted by Gasteiger charge is -2.24. The Morgan fingerprint density at radius 2 is 2.15 bits per heavy atom. The Bertz CT molecular complexity index is 365. The minimum Gasteiger partial charge on any atom is -0.372 e.